The molecule has 98 valence electrons. The monoisotopic (exact) mass is 237 g/mol. The Labute approximate surface area is 106 Å². The van der Waals surface area contributed by atoms with Crippen LogP contribution in [0.15, 0.2) is 0 Å². The van der Waals surface area contributed by atoms with Gasteiger partial charge in [-0.25, -0.2) is 0 Å². The summed E-state index contributed by atoms with van der Waals surface area (Å²) in [5.74, 6) is 0.854. The van der Waals surface area contributed by atoms with Crippen molar-refractivity contribution < 1.29 is 4.74 Å². The minimum atomic E-state index is -0.0918. The van der Waals surface area contributed by atoms with Gasteiger partial charge in [0.1, 0.15) is 0 Å². The van der Waals surface area contributed by atoms with Crippen molar-refractivity contribution in [1.82, 2.24) is 0 Å². The molecule has 17 heavy (non-hydrogen) atoms. The molecule has 2 nitrogen and oxygen atoms in total. The smallest absolute Gasteiger partial charge is 0.0689 e. The molecule has 0 aromatic rings. The quantitative estimate of drug-likeness (QED) is 0.714. The van der Waals surface area contributed by atoms with Gasteiger partial charge in [0.2, 0.25) is 0 Å². The van der Waals surface area contributed by atoms with Gasteiger partial charge in [0.15, 0.2) is 0 Å². The Morgan fingerprint density at radius 2 is 1.94 bits per heavy atom. The van der Waals surface area contributed by atoms with E-state index in [1.54, 1.807) is 7.11 Å². The lowest BCUT2D eigenvalue weighted by Crippen LogP contribution is -2.30. The Morgan fingerprint density at radius 1 is 1.35 bits per heavy atom. The molecule has 1 fully saturated rings. The second kappa shape index (κ2) is 5.87. The summed E-state index contributed by atoms with van der Waals surface area (Å²) >= 11 is 0. The first-order valence-corrected chi connectivity index (χ1v) is 6.93. The standard InChI is InChI=1S/C15H27NO/c1-5-13-6-8-15(12-16,9-7-13)11-10-14(2,3)17-4/h13H,5-11H2,1-4H3. The maximum atomic E-state index is 9.48. The molecule has 0 aromatic heterocycles. The topological polar surface area (TPSA) is 33.0 Å². The summed E-state index contributed by atoms with van der Waals surface area (Å²) < 4.78 is 5.45. The Kier molecular flexibility index (Phi) is 5.01. The molecule has 0 heterocycles. The number of hydrogen-bond acceptors (Lipinski definition) is 2. The van der Waals surface area contributed by atoms with Crippen molar-refractivity contribution >= 4 is 0 Å². The van der Waals surface area contributed by atoms with Crippen LogP contribution in [0.1, 0.15) is 65.7 Å². The molecule has 0 atom stereocenters. The van der Waals surface area contributed by atoms with Crippen LogP contribution >= 0.6 is 0 Å². The van der Waals surface area contributed by atoms with Crippen LogP contribution in [0.3, 0.4) is 0 Å². The number of rotatable bonds is 5. The Morgan fingerprint density at radius 3 is 2.35 bits per heavy atom. The predicted molar refractivity (Wildman–Crippen MR) is 70.6 cm³/mol. The largest absolute Gasteiger partial charge is 0.379 e. The van der Waals surface area contributed by atoms with Crippen molar-refractivity contribution in [3.05, 3.63) is 0 Å². The molecule has 0 aliphatic heterocycles. The number of nitrogens with zero attached hydrogens (tertiary/aromatic N) is 1. The average molecular weight is 237 g/mol. The van der Waals surface area contributed by atoms with Crippen LogP contribution in [0.25, 0.3) is 0 Å². The van der Waals surface area contributed by atoms with Crippen molar-refractivity contribution in [3.8, 4) is 6.07 Å². The zero-order chi connectivity index (χ0) is 12.9. The van der Waals surface area contributed by atoms with E-state index in [2.05, 4.69) is 26.8 Å². The summed E-state index contributed by atoms with van der Waals surface area (Å²) in [6, 6.07) is 2.60. The predicted octanol–water partition coefficient (Wildman–Crippen LogP) is 4.30. The van der Waals surface area contributed by atoms with Crippen molar-refractivity contribution in [3.63, 3.8) is 0 Å². The highest BCUT2D eigenvalue weighted by molar-refractivity contribution is 5.02. The molecule has 0 radical (unpaired) electrons. The highest BCUT2D eigenvalue weighted by atomic mass is 16.5. The second-order valence-corrected chi connectivity index (χ2v) is 6.21. The fraction of sp³-hybridized carbons (Fsp3) is 0.933. The highest BCUT2D eigenvalue weighted by Gasteiger charge is 2.36. The van der Waals surface area contributed by atoms with Gasteiger partial charge in [0.25, 0.3) is 0 Å². The highest BCUT2D eigenvalue weighted by Crippen LogP contribution is 2.43. The Hall–Kier alpha value is -0.550. The van der Waals surface area contributed by atoms with Crippen molar-refractivity contribution in [2.24, 2.45) is 11.3 Å². The maximum Gasteiger partial charge on any atom is 0.0689 e. The van der Waals surface area contributed by atoms with Crippen LogP contribution in [0, 0.1) is 22.7 Å². The number of methoxy groups -OCH3 is 1. The van der Waals surface area contributed by atoms with Crippen LogP contribution in [0.4, 0.5) is 0 Å². The minimum absolute atomic E-state index is 0.0680. The maximum absolute atomic E-state index is 9.48. The van der Waals surface area contributed by atoms with Crippen molar-refractivity contribution in [2.75, 3.05) is 7.11 Å². The molecule has 0 unspecified atom stereocenters. The molecule has 0 N–H and O–H groups in total. The first-order valence-electron chi connectivity index (χ1n) is 6.93. The Bertz CT molecular complexity index is 269. The molecule has 1 saturated carbocycles. The van der Waals surface area contributed by atoms with Gasteiger partial charge in [-0.1, -0.05) is 13.3 Å². The molecule has 1 rings (SSSR count). The molecule has 1 aliphatic carbocycles. The molecular weight excluding hydrogens is 210 g/mol. The van der Waals surface area contributed by atoms with Crippen LogP contribution in [0.5, 0.6) is 0 Å². The number of ether oxygens (including phenoxy) is 1. The molecular formula is C15H27NO. The van der Waals surface area contributed by atoms with E-state index < -0.39 is 0 Å². The van der Waals surface area contributed by atoms with E-state index in [-0.39, 0.29) is 11.0 Å². The third kappa shape index (κ3) is 4.00. The van der Waals surface area contributed by atoms with E-state index in [1.807, 2.05) is 0 Å². The lowest BCUT2D eigenvalue weighted by atomic mass is 9.67. The summed E-state index contributed by atoms with van der Waals surface area (Å²) in [4.78, 5) is 0. The molecule has 0 spiro atoms. The van der Waals surface area contributed by atoms with E-state index in [0.717, 1.165) is 31.6 Å². The van der Waals surface area contributed by atoms with Gasteiger partial charge in [-0.15, -0.1) is 0 Å². The number of nitriles is 1. The van der Waals surface area contributed by atoms with Gasteiger partial charge in [-0.2, -0.15) is 5.26 Å². The molecule has 0 saturated heterocycles. The SMILES string of the molecule is CCC1CCC(C#N)(CCC(C)(C)OC)CC1. The molecule has 1 aliphatic rings. The third-order valence-electron chi connectivity index (χ3n) is 4.64. The van der Waals surface area contributed by atoms with Gasteiger partial charge >= 0.3 is 0 Å². The van der Waals surface area contributed by atoms with E-state index in [9.17, 15) is 5.26 Å². The van der Waals surface area contributed by atoms with Gasteiger partial charge in [0.05, 0.1) is 17.1 Å². The molecule has 0 amide bonds. The summed E-state index contributed by atoms with van der Waals surface area (Å²) in [5, 5.41) is 9.48. The zero-order valence-electron chi connectivity index (χ0n) is 11.9. The minimum Gasteiger partial charge on any atom is -0.379 e. The van der Waals surface area contributed by atoms with Gasteiger partial charge in [-0.3, -0.25) is 0 Å². The van der Waals surface area contributed by atoms with Crippen molar-refractivity contribution in [1.29, 1.82) is 5.26 Å². The van der Waals surface area contributed by atoms with E-state index in [4.69, 9.17) is 4.74 Å². The van der Waals surface area contributed by atoms with Gasteiger partial charge < -0.3 is 4.74 Å². The number of hydrogen-bond donors (Lipinski definition) is 0. The van der Waals surface area contributed by atoms with Crippen molar-refractivity contribution in [2.45, 2.75) is 71.3 Å². The van der Waals surface area contributed by atoms with Crippen LogP contribution in [-0.4, -0.2) is 12.7 Å². The first-order chi connectivity index (χ1) is 7.97. The normalized spacial score (nSPS) is 29.9. The molecule has 2 heteroatoms. The van der Waals surface area contributed by atoms with E-state index in [0.29, 0.717) is 0 Å². The zero-order valence-corrected chi connectivity index (χ0v) is 11.9. The first kappa shape index (κ1) is 14.5. The molecule has 0 bridgehead atoms. The third-order valence-corrected chi connectivity index (χ3v) is 4.64. The summed E-state index contributed by atoms with van der Waals surface area (Å²) in [5.41, 5.74) is -0.160. The lowest BCUT2D eigenvalue weighted by molar-refractivity contribution is 0.00359. The molecule has 0 aromatic carbocycles. The van der Waals surface area contributed by atoms with Crippen LogP contribution in [-0.2, 0) is 4.74 Å². The average Bonchev–Trinajstić information content (AvgIpc) is 2.37. The summed E-state index contributed by atoms with van der Waals surface area (Å²) in [6.45, 7) is 6.48. The summed E-state index contributed by atoms with van der Waals surface area (Å²) in [7, 11) is 1.76. The lowest BCUT2D eigenvalue weighted by Gasteiger charge is -2.36. The second-order valence-electron chi connectivity index (χ2n) is 6.21. The Balaban J connectivity index is 2.52. The fourth-order valence-corrected chi connectivity index (χ4v) is 2.70. The fourth-order valence-electron chi connectivity index (χ4n) is 2.70. The van der Waals surface area contributed by atoms with Crippen LogP contribution in [0.2, 0.25) is 0 Å². The van der Waals surface area contributed by atoms with E-state index in [1.165, 1.54) is 19.3 Å². The van der Waals surface area contributed by atoms with Crippen LogP contribution < -0.4 is 0 Å². The van der Waals surface area contributed by atoms with Gasteiger partial charge in [-0.05, 0) is 58.3 Å². The summed E-state index contributed by atoms with van der Waals surface area (Å²) in [6.07, 6.45) is 7.87. The van der Waals surface area contributed by atoms with E-state index >= 15 is 0 Å². The van der Waals surface area contributed by atoms with Gasteiger partial charge in [0, 0.05) is 7.11 Å².